The molecule has 0 saturated carbocycles. The van der Waals surface area contributed by atoms with Crippen molar-refractivity contribution in [1.82, 2.24) is 15.1 Å². The van der Waals surface area contributed by atoms with Gasteiger partial charge in [0.15, 0.2) is 0 Å². The van der Waals surface area contributed by atoms with Gasteiger partial charge in [0.05, 0.1) is 6.61 Å². The smallest absolute Gasteiger partial charge is 0.0590 e. The van der Waals surface area contributed by atoms with Gasteiger partial charge >= 0.3 is 0 Å². The van der Waals surface area contributed by atoms with E-state index in [4.69, 9.17) is 4.74 Å². The summed E-state index contributed by atoms with van der Waals surface area (Å²) in [5.74, 6) is 0. The fourth-order valence-corrected chi connectivity index (χ4v) is 2.91. The van der Waals surface area contributed by atoms with Crippen molar-refractivity contribution in [3.63, 3.8) is 0 Å². The summed E-state index contributed by atoms with van der Waals surface area (Å²) in [5, 5.41) is 3.45. The third-order valence-corrected chi connectivity index (χ3v) is 3.90. The first kappa shape index (κ1) is 13.3. The molecule has 0 spiro atoms. The summed E-state index contributed by atoms with van der Waals surface area (Å²) < 4.78 is 5.30. The molecular weight excluding hydrogens is 214 g/mol. The number of ether oxygens (including phenoxy) is 1. The molecule has 2 heterocycles. The van der Waals surface area contributed by atoms with Crippen LogP contribution >= 0.6 is 0 Å². The quantitative estimate of drug-likeness (QED) is 0.653. The highest BCUT2D eigenvalue weighted by Gasteiger charge is 2.29. The summed E-state index contributed by atoms with van der Waals surface area (Å²) in [6.07, 6.45) is 2.82. The molecule has 2 rings (SSSR count). The first-order valence-corrected chi connectivity index (χ1v) is 7.15. The predicted molar refractivity (Wildman–Crippen MR) is 70.4 cm³/mol. The van der Waals surface area contributed by atoms with Gasteiger partial charge < -0.3 is 10.1 Å². The lowest BCUT2D eigenvalue weighted by Crippen LogP contribution is -2.51. The van der Waals surface area contributed by atoms with Gasteiger partial charge in [-0.1, -0.05) is 0 Å². The van der Waals surface area contributed by atoms with Crippen LogP contribution in [0.4, 0.5) is 0 Å². The van der Waals surface area contributed by atoms with Crippen LogP contribution in [0.15, 0.2) is 0 Å². The van der Waals surface area contributed by atoms with E-state index in [0.29, 0.717) is 0 Å². The van der Waals surface area contributed by atoms with E-state index in [1.165, 1.54) is 45.6 Å². The highest BCUT2D eigenvalue weighted by Crippen LogP contribution is 2.20. The van der Waals surface area contributed by atoms with Gasteiger partial charge in [-0.2, -0.15) is 0 Å². The maximum absolute atomic E-state index is 5.30. The van der Waals surface area contributed by atoms with Gasteiger partial charge in [-0.05, 0) is 26.3 Å². The lowest BCUT2D eigenvalue weighted by Gasteiger charge is -2.37. The zero-order valence-corrected chi connectivity index (χ0v) is 11.2. The van der Waals surface area contributed by atoms with Crippen LogP contribution in [0.1, 0.15) is 19.8 Å². The average molecular weight is 241 g/mol. The first-order chi connectivity index (χ1) is 8.40. The Kier molecular flexibility index (Phi) is 5.71. The molecule has 0 radical (unpaired) electrons. The van der Waals surface area contributed by atoms with Gasteiger partial charge in [0.1, 0.15) is 0 Å². The van der Waals surface area contributed by atoms with E-state index < -0.39 is 0 Å². The summed E-state index contributed by atoms with van der Waals surface area (Å²) in [5.41, 5.74) is 0. The molecular formula is C13H27N3O. The molecule has 2 aliphatic heterocycles. The summed E-state index contributed by atoms with van der Waals surface area (Å²) in [6, 6.07) is 0.854. The van der Waals surface area contributed by atoms with Crippen molar-refractivity contribution in [3.05, 3.63) is 0 Å². The zero-order chi connectivity index (χ0) is 11.9. The van der Waals surface area contributed by atoms with Crippen LogP contribution in [0.5, 0.6) is 0 Å². The van der Waals surface area contributed by atoms with Crippen LogP contribution in [0.2, 0.25) is 0 Å². The summed E-state index contributed by atoms with van der Waals surface area (Å²) in [6.45, 7) is 12.1. The summed E-state index contributed by atoms with van der Waals surface area (Å²) in [4.78, 5) is 5.28. The number of nitrogens with one attached hydrogen (secondary N) is 1. The Hall–Kier alpha value is -0.160. The molecule has 4 nitrogen and oxygen atoms in total. The number of fused-ring (bicyclic) bond motifs is 1. The monoisotopic (exact) mass is 241 g/mol. The van der Waals surface area contributed by atoms with Crippen LogP contribution in [0.25, 0.3) is 0 Å². The van der Waals surface area contributed by atoms with Crippen LogP contribution in [-0.4, -0.2) is 74.9 Å². The highest BCUT2D eigenvalue weighted by atomic mass is 16.5. The van der Waals surface area contributed by atoms with Crippen molar-refractivity contribution < 1.29 is 4.74 Å². The Morgan fingerprint density at radius 1 is 1.24 bits per heavy atom. The van der Waals surface area contributed by atoms with E-state index in [0.717, 1.165) is 32.3 Å². The summed E-state index contributed by atoms with van der Waals surface area (Å²) >= 11 is 0. The Morgan fingerprint density at radius 3 is 3.06 bits per heavy atom. The number of piperazine rings is 1. The molecule has 0 amide bonds. The van der Waals surface area contributed by atoms with Crippen LogP contribution in [0, 0.1) is 0 Å². The Labute approximate surface area is 105 Å². The molecule has 100 valence electrons. The van der Waals surface area contributed by atoms with Crippen molar-refractivity contribution in [3.8, 4) is 0 Å². The Balaban J connectivity index is 1.51. The van der Waals surface area contributed by atoms with E-state index in [1.54, 1.807) is 0 Å². The van der Waals surface area contributed by atoms with E-state index in [2.05, 4.69) is 15.1 Å². The first-order valence-electron chi connectivity index (χ1n) is 7.15. The topological polar surface area (TPSA) is 27.7 Å². The molecule has 0 aromatic heterocycles. The number of rotatable bonds is 7. The summed E-state index contributed by atoms with van der Waals surface area (Å²) in [7, 11) is 0. The second kappa shape index (κ2) is 7.31. The molecule has 1 atom stereocenters. The van der Waals surface area contributed by atoms with Crippen molar-refractivity contribution in [1.29, 1.82) is 0 Å². The highest BCUT2D eigenvalue weighted by molar-refractivity contribution is 4.86. The molecule has 17 heavy (non-hydrogen) atoms. The van der Waals surface area contributed by atoms with Gasteiger partial charge in [-0.15, -0.1) is 0 Å². The SMILES string of the molecule is CCOCCNCCN1CCN2CCCC2C1. The minimum Gasteiger partial charge on any atom is -0.380 e. The van der Waals surface area contributed by atoms with E-state index >= 15 is 0 Å². The molecule has 1 N–H and O–H groups in total. The van der Waals surface area contributed by atoms with Gasteiger partial charge in [0.25, 0.3) is 0 Å². The molecule has 2 fully saturated rings. The molecule has 1 unspecified atom stereocenters. The van der Waals surface area contributed by atoms with Crippen LogP contribution in [0.3, 0.4) is 0 Å². The molecule has 0 aliphatic carbocycles. The van der Waals surface area contributed by atoms with E-state index in [1.807, 2.05) is 6.92 Å². The predicted octanol–water partition coefficient (Wildman–Crippen LogP) is 0.393. The molecule has 2 aliphatic rings. The molecule has 0 aromatic carbocycles. The van der Waals surface area contributed by atoms with Crippen LogP contribution < -0.4 is 5.32 Å². The van der Waals surface area contributed by atoms with Gasteiger partial charge in [0.2, 0.25) is 0 Å². The minimum atomic E-state index is 0.825. The largest absolute Gasteiger partial charge is 0.380 e. The number of hydrogen-bond acceptors (Lipinski definition) is 4. The van der Waals surface area contributed by atoms with Crippen molar-refractivity contribution in [2.24, 2.45) is 0 Å². The van der Waals surface area contributed by atoms with Gasteiger partial charge in [-0.25, -0.2) is 0 Å². The Bertz CT molecular complexity index is 213. The lowest BCUT2D eigenvalue weighted by atomic mass is 10.1. The van der Waals surface area contributed by atoms with E-state index in [9.17, 15) is 0 Å². The Morgan fingerprint density at radius 2 is 2.18 bits per heavy atom. The second-order valence-corrected chi connectivity index (χ2v) is 5.08. The lowest BCUT2D eigenvalue weighted by molar-refractivity contribution is 0.104. The standard InChI is InChI=1S/C13H27N3O/c1-2-17-11-6-14-5-8-15-9-10-16-7-3-4-13(16)12-15/h13-14H,2-12H2,1H3. The third kappa shape index (κ3) is 4.21. The van der Waals surface area contributed by atoms with Crippen molar-refractivity contribution in [2.45, 2.75) is 25.8 Å². The van der Waals surface area contributed by atoms with Gasteiger partial charge in [0, 0.05) is 51.9 Å². The third-order valence-electron chi connectivity index (χ3n) is 3.90. The number of hydrogen-bond donors (Lipinski definition) is 1. The molecule has 2 saturated heterocycles. The van der Waals surface area contributed by atoms with E-state index in [-0.39, 0.29) is 0 Å². The molecule has 4 heteroatoms. The van der Waals surface area contributed by atoms with Crippen molar-refractivity contribution in [2.75, 3.05) is 59.0 Å². The van der Waals surface area contributed by atoms with Crippen LogP contribution in [-0.2, 0) is 4.74 Å². The average Bonchev–Trinajstić information content (AvgIpc) is 2.81. The maximum atomic E-state index is 5.30. The normalized spacial score (nSPS) is 26.3. The second-order valence-electron chi connectivity index (χ2n) is 5.08. The fraction of sp³-hybridized carbons (Fsp3) is 1.00. The van der Waals surface area contributed by atoms with Crippen molar-refractivity contribution >= 4 is 0 Å². The fourth-order valence-electron chi connectivity index (χ4n) is 2.91. The van der Waals surface area contributed by atoms with Gasteiger partial charge in [-0.3, -0.25) is 9.80 Å². The number of nitrogens with zero attached hydrogens (tertiary/aromatic N) is 2. The minimum absolute atomic E-state index is 0.825. The molecule has 0 bridgehead atoms. The molecule has 0 aromatic rings. The zero-order valence-electron chi connectivity index (χ0n) is 11.2. The maximum Gasteiger partial charge on any atom is 0.0590 e.